The van der Waals surface area contributed by atoms with Crippen LogP contribution in [0.25, 0.3) is 21.9 Å². The van der Waals surface area contributed by atoms with Gasteiger partial charge in [-0.2, -0.15) is 10.5 Å². The molecular weight excluding hydrogens is 580 g/mol. The molecule has 1 amide bonds. The Kier molecular flexibility index (Phi) is 8.60. The molecule has 0 aliphatic carbocycles. The first kappa shape index (κ1) is 31.3. The number of anilines is 2. The summed E-state index contributed by atoms with van der Waals surface area (Å²) in [5.74, 6) is -0.565. The third kappa shape index (κ3) is 5.42. The summed E-state index contributed by atoms with van der Waals surface area (Å²) >= 11 is 0. The number of aliphatic hydroxyl groups is 1. The molecule has 0 radical (unpaired) electrons. The molecule has 0 bridgehead atoms. The van der Waals surface area contributed by atoms with Gasteiger partial charge in [0.05, 0.1) is 30.0 Å². The summed E-state index contributed by atoms with van der Waals surface area (Å²) in [6.07, 6.45) is 6.40. The van der Waals surface area contributed by atoms with E-state index in [1.54, 1.807) is 9.80 Å². The Hall–Kier alpha value is -4.65. The van der Waals surface area contributed by atoms with E-state index in [1.165, 1.54) is 6.33 Å². The molecule has 2 aliphatic rings. The first-order valence-electron chi connectivity index (χ1n) is 16.0. The number of hydrogen-bond acceptors (Lipinski definition) is 9. The Morgan fingerprint density at radius 2 is 1.74 bits per heavy atom. The molecule has 0 spiro atoms. The number of piperidine rings is 2. The first-order chi connectivity index (χ1) is 22.2. The van der Waals surface area contributed by atoms with Gasteiger partial charge in [0.1, 0.15) is 17.8 Å². The van der Waals surface area contributed by atoms with Crippen molar-refractivity contribution in [3.8, 4) is 12.1 Å². The Labute approximate surface area is 269 Å². The van der Waals surface area contributed by atoms with Crippen LogP contribution >= 0.6 is 0 Å². The molecule has 2 unspecified atom stereocenters. The van der Waals surface area contributed by atoms with E-state index in [1.807, 2.05) is 44.7 Å². The number of amides is 1. The van der Waals surface area contributed by atoms with Gasteiger partial charge in [-0.3, -0.25) is 9.69 Å². The number of carbonyl (C=O) groups excluding carboxylic acids is 1. The highest BCUT2D eigenvalue weighted by atomic mass is 16.3. The minimum absolute atomic E-state index is 0.0130. The first-order valence-corrected chi connectivity index (χ1v) is 16.0. The largest absolute Gasteiger partial charge is 0.373 e. The third-order valence-electron chi connectivity index (χ3n) is 10.5. The molecule has 46 heavy (non-hydrogen) atoms. The molecule has 240 valence electrons. The summed E-state index contributed by atoms with van der Waals surface area (Å²) < 4.78 is 0. The van der Waals surface area contributed by atoms with E-state index < -0.39 is 17.6 Å². The number of nitriles is 2. The highest BCUT2D eigenvalue weighted by Crippen LogP contribution is 2.37. The maximum absolute atomic E-state index is 14.2. The van der Waals surface area contributed by atoms with Crippen molar-refractivity contribution in [2.45, 2.75) is 50.9 Å². The van der Waals surface area contributed by atoms with E-state index in [4.69, 9.17) is 0 Å². The lowest BCUT2D eigenvalue weighted by molar-refractivity contribution is -0.170. The lowest BCUT2D eigenvalue weighted by Gasteiger charge is -2.50. The lowest BCUT2D eigenvalue weighted by atomic mass is 9.84. The fourth-order valence-electron chi connectivity index (χ4n) is 7.56. The molecule has 6 atom stereocenters. The summed E-state index contributed by atoms with van der Waals surface area (Å²) in [6.45, 7) is 6.08. The van der Waals surface area contributed by atoms with Crippen LogP contribution in [0.1, 0.15) is 33.1 Å². The molecule has 3 N–H and O–H groups in total. The second-order valence-corrected chi connectivity index (χ2v) is 13.0. The number of aromatic nitrogens is 4. The van der Waals surface area contributed by atoms with E-state index in [-0.39, 0.29) is 30.3 Å². The fourth-order valence-corrected chi connectivity index (χ4v) is 7.56. The molecule has 2 aliphatic heterocycles. The van der Waals surface area contributed by atoms with Gasteiger partial charge in [-0.25, -0.2) is 9.97 Å². The van der Waals surface area contributed by atoms with Crippen LogP contribution in [0.4, 0.5) is 11.5 Å². The van der Waals surface area contributed by atoms with Crippen LogP contribution in [0.15, 0.2) is 49.1 Å². The Morgan fingerprint density at radius 3 is 2.50 bits per heavy atom. The Morgan fingerprint density at radius 1 is 1.02 bits per heavy atom. The zero-order chi connectivity index (χ0) is 32.6. The highest BCUT2D eigenvalue weighted by Gasteiger charge is 2.51. The summed E-state index contributed by atoms with van der Waals surface area (Å²) in [4.78, 5) is 37.3. The van der Waals surface area contributed by atoms with Gasteiger partial charge in [0, 0.05) is 75.3 Å². The number of nitrogens with one attached hydrogen (secondary N) is 2. The fraction of sp³-hybridized carbons (Fsp3) is 0.500. The predicted molar refractivity (Wildman–Crippen MR) is 177 cm³/mol. The summed E-state index contributed by atoms with van der Waals surface area (Å²) in [5.41, 5.74) is 0.906. The van der Waals surface area contributed by atoms with Gasteiger partial charge in [-0.1, -0.05) is 19.9 Å². The number of aromatic amines is 2. The van der Waals surface area contributed by atoms with Gasteiger partial charge in [-0.15, -0.1) is 0 Å². The Bertz CT molecular complexity index is 1790. The SMILES string of the molecule is C[C@@H]1CCN(C(O)(CC#N)C(C#N)C(=O)N2CC[C@@H](C)[C@@H](N(C)c3ncnc4[nH]ccc34)C2)C[C@@H]1N(C)c1cccc2[nH]ccc12. The highest BCUT2D eigenvalue weighted by molar-refractivity contribution is 5.92. The average molecular weight is 623 g/mol. The third-order valence-corrected chi connectivity index (χ3v) is 10.5. The van der Waals surface area contributed by atoms with Crippen molar-refractivity contribution in [3.63, 3.8) is 0 Å². The van der Waals surface area contributed by atoms with Gasteiger partial charge in [-0.05, 0) is 48.9 Å². The zero-order valence-corrected chi connectivity index (χ0v) is 26.9. The van der Waals surface area contributed by atoms with Gasteiger partial charge >= 0.3 is 0 Å². The van der Waals surface area contributed by atoms with Gasteiger partial charge in [0.2, 0.25) is 5.91 Å². The van der Waals surface area contributed by atoms with Crippen molar-refractivity contribution >= 4 is 39.3 Å². The minimum atomic E-state index is -1.94. The minimum Gasteiger partial charge on any atom is -0.373 e. The number of likely N-dealkylation sites (N-methyl/N-ethyl adjacent to an activating group) is 2. The van der Waals surface area contributed by atoms with Crippen LogP contribution in [0.5, 0.6) is 0 Å². The van der Waals surface area contributed by atoms with Crippen molar-refractivity contribution in [2.24, 2.45) is 17.8 Å². The van der Waals surface area contributed by atoms with E-state index in [0.717, 1.165) is 46.3 Å². The number of H-pyrrole nitrogens is 2. The molecule has 4 aromatic rings. The standard InChI is InChI=1S/C34H42N10O2/c1-22-10-16-43(19-29(22)42(4)32-25-9-15-38-31(25)39-21-40-32)33(45)26(18-36)34(46,12-13-35)44-17-11-23(2)30(20-44)41(3)28-7-5-6-27-24(28)8-14-37-27/h5-9,14-15,21-23,26,29-30,37,46H,10-12,16-17,19-20H2,1-4H3,(H,38,39,40)/t22-,23-,26?,29+,30+,34?/m1/s1. The van der Waals surface area contributed by atoms with Crippen LogP contribution in [0, 0.1) is 40.4 Å². The second kappa shape index (κ2) is 12.6. The second-order valence-electron chi connectivity index (χ2n) is 13.0. The molecule has 12 nitrogen and oxygen atoms in total. The zero-order valence-electron chi connectivity index (χ0n) is 26.9. The number of hydrogen-bond donors (Lipinski definition) is 3. The number of benzene rings is 1. The molecule has 5 heterocycles. The lowest BCUT2D eigenvalue weighted by Crippen LogP contribution is -2.64. The molecule has 12 heteroatoms. The van der Waals surface area contributed by atoms with Crippen molar-refractivity contribution in [1.82, 2.24) is 29.7 Å². The van der Waals surface area contributed by atoms with Crippen LogP contribution in [0.2, 0.25) is 0 Å². The number of likely N-dealkylation sites (tertiary alicyclic amines) is 2. The van der Waals surface area contributed by atoms with Crippen LogP contribution in [0.3, 0.4) is 0 Å². The normalized spacial score (nSPS) is 24.2. The molecule has 2 fully saturated rings. The van der Waals surface area contributed by atoms with Gasteiger partial charge in [0.15, 0.2) is 11.6 Å². The van der Waals surface area contributed by atoms with Crippen LogP contribution in [-0.2, 0) is 4.79 Å². The monoisotopic (exact) mass is 622 g/mol. The van der Waals surface area contributed by atoms with Crippen molar-refractivity contribution < 1.29 is 9.90 Å². The number of nitrogens with zero attached hydrogens (tertiary/aromatic N) is 8. The van der Waals surface area contributed by atoms with E-state index in [9.17, 15) is 20.4 Å². The van der Waals surface area contributed by atoms with Crippen LogP contribution in [-0.4, -0.2) is 98.8 Å². The van der Waals surface area contributed by atoms with Crippen LogP contribution < -0.4 is 9.80 Å². The van der Waals surface area contributed by atoms with Crippen molar-refractivity contribution in [2.75, 3.05) is 50.1 Å². The van der Waals surface area contributed by atoms with E-state index in [0.29, 0.717) is 26.2 Å². The molecule has 3 aromatic heterocycles. The number of rotatable bonds is 8. The molecule has 2 saturated heterocycles. The molecule has 6 rings (SSSR count). The van der Waals surface area contributed by atoms with Gasteiger partial charge < -0.3 is 29.8 Å². The summed E-state index contributed by atoms with van der Waals surface area (Å²) in [5, 5.41) is 34.7. The molecule has 1 aromatic carbocycles. The average Bonchev–Trinajstić information content (AvgIpc) is 3.75. The predicted octanol–water partition coefficient (Wildman–Crippen LogP) is 3.70. The molecule has 0 saturated carbocycles. The topological polar surface area (TPSA) is 155 Å². The summed E-state index contributed by atoms with van der Waals surface area (Å²) in [7, 11) is 4.02. The summed E-state index contributed by atoms with van der Waals surface area (Å²) in [6, 6.07) is 14.3. The van der Waals surface area contributed by atoms with Crippen molar-refractivity contribution in [1.29, 1.82) is 10.5 Å². The Balaban J connectivity index is 1.24. The number of fused-ring (bicyclic) bond motifs is 2. The van der Waals surface area contributed by atoms with E-state index in [2.05, 4.69) is 67.9 Å². The smallest absolute Gasteiger partial charge is 0.244 e. The maximum atomic E-state index is 14.2. The number of carbonyl (C=O) groups is 1. The van der Waals surface area contributed by atoms with Crippen molar-refractivity contribution in [3.05, 3.63) is 49.1 Å². The van der Waals surface area contributed by atoms with Gasteiger partial charge in [0.25, 0.3) is 0 Å². The quantitative estimate of drug-likeness (QED) is 0.267. The van der Waals surface area contributed by atoms with E-state index >= 15 is 0 Å². The maximum Gasteiger partial charge on any atom is 0.244 e. The molecular formula is C34H42N10O2.